The van der Waals surface area contributed by atoms with Gasteiger partial charge in [0.05, 0.1) is 12.2 Å². The van der Waals surface area contributed by atoms with E-state index < -0.39 is 0 Å². The summed E-state index contributed by atoms with van der Waals surface area (Å²) in [6.07, 6.45) is 6.83. The van der Waals surface area contributed by atoms with Crippen LogP contribution in [0.4, 0.5) is 5.82 Å². The summed E-state index contributed by atoms with van der Waals surface area (Å²) < 4.78 is 2.00. The topological polar surface area (TPSA) is 43.8 Å². The zero-order valence-corrected chi connectivity index (χ0v) is 10.6. The van der Waals surface area contributed by atoms with Gasteiger partial charge in [0.15, 0.2) is 0 Å². The van der Waals surface area contributed by atoms with E-state index in [4.69, 9.17) is 5.73 Å². The average Bonchev–Trinajstić information content (AvgIpc) is 2.63. The van der Waals surface area contributed by atoms with E-state index in [1.807, 2.05) is 10.7 Å². The summed E-state index contributed by atoms with van der Waals surface area (Å²) in [6.45, 7) is 7.04. The lowest BCUT2D eigenvalue weighted by atomic mass is 9.71. The molecular weight excluding hydrogens is 198 g/mol. The molecule has 2 N–H and O–H groups in total. The molecule has 16 heavy (non-hydrogen) atoms. The predicted molar refractivity (Wildman–Crippen MR) is 67.1 cm³/mol. The Balaban J connectivity index is 1.98. The van der Waals surface area contributed by atoms with Gasteiger partial charge in [-0.1, -0.05) is 20.8 Å². The first-order chi connectivity index (χ1) is 7.48. The highest BCUT2D eigenvalue weighted by atomic mass is 15.3. The Labute approximate surface area is 98.0 Å². The lowest BCUT2D eigenvalue weighted by Gasteiger charge is -2.37. The van der Waals surface area contributed by atoms with Crippen LogP contribution in [0.1, 0.15) is 52.5 Å². The molecule has 0 aromatic carbocycles. The molecule has 0 spiro atoms. The molecule has 1 aromatic rings. The number of nitrogens with zero attached hydrogens (tertiary/aromatic N) is 2. The molecule has 1 saturated carbocycles. The van der Waals surface area contributed by atoms with Gasteiger partial charge in [-0.3, -0.25) is 0 Å². The Morgan fingerprint density at radius 3 is 2.31 bits per heavy atom. The highest BCUT2D eigenvalue weighted by Gasteiger charge is 2.30. The van der Waals surface area contributed by atoms with Crippen molar-refractivity contribution in [2.75, 3.05) is 5.73 Å². The lowest BCUT2D eigenvalue weighted by Crippen LogP contribution is -2.27. The third-order valence-electron chi connectivity index (χ3n) is 3.97. The van der Waals surface area contributed by atoms with Gasteiger partial charge in [0.2, 0.25) is 0 Å². The van der Waals surface area contributed by atoms with Crippen LogP contribution in [0.3, 0.4) is 0 Å². The zero-order chi connectivity index (χ0) is 11.8. The van der Waals surface area contributed by atoms with Crippen molar-refractivity contribution >= 4 is 5.82 Å². The number of nitrogen functional groups attached to an aromatic ring is 1. The molecule has 1 fully saturated rings. The van der Waals surface area contributed by atoms with Crippen molar-refractivity contribution < 1.29 is 0 Å². The molecule has 1 aliphatic carbocycles. The van der Waals surface area contributed by atoms with Crippen LogP contribution in [0.25, 0.3) is 0 Å². The van der Waals surface area contributed by atoms with Gasteiger partial charge in [-0.2, -0.15) is 5.10 Å². The van der Waals surface area contributed by atoms with Crippen molar-refractivity contribution in [2.45, 2.75) is 52.5 Å². The minimum atomic E-state index is 0.445. The van der Waals surface area contributed by atoms with E-state index in [0.717, 1.165) is 11.7 Å². The van der Waals surface area contributed by atoms with E-state index >= 15 is 0 Å². The molecule has 0 unspecified atom stereocenters. The van der Waals surface area contributed by atoms with Crippen LogP contribution in [0.5, 0.6) is 0 Å². The Hall–Kier alpha value is -0.990. The van der Waals surface area contributed by atoms with E-state index in [1.165, 1.54) is 25.7 Å². The number of nitrogens with two attached hydrogens (primary N) is 1. The largest absolute Gasteiger partial charge is 0.384 e. The van der Waals surface area contributed by atoms with E-state index in [0.29, 0.717) is 11.5 Å². The Morgan fingerprint density at radius 2 is 1.88 bits per heavy atom. The number of aromatic nitrogens is 2. The van der Waals surface area contributed by atoms with Crippen LogP contribution in [0.15, 0.2) is 12.3 Å². The number of hydrogen-bond donors (Lipinski definition) is 1. The first kappa shape index (κ1) is 11.5. The average molecular weight is 221 g/mol. The maximum atomic E-state index is 5.89. The van der Waals surface area contributed by atoms with E-state index in [-0.39, 0.29) is 0 Å². The monoisotopic (exact) mass is 221 g/mol. The van der Waals surface area contributed by atoms with Gasteiger partial charge in [-0.05, 0) is 43.1 Å². The van der Waals surface area contributed by atoms with Crippen molar-refractivity contribution in [1.29, 1.82) is 0 Å². The second-order valence-corrected chi connectivity index (χ2v) is 6.07. The molecule has 0 bridgehead atoms. The van der Waals surface area contributed by atoms with Gasteiger partial charge >= 0.3 is 0 Å². The summed E-state index contributed by atoms with van der Waals surface area (Å²) in [6, 6.07) is 2.41. The van der Waals surface area contributed by atoms with Gasteiger partial charge in [0, 0.05) is 0 Å². The maximum absolute atomic E-state index is 5.89. The van der Waals surface area contributed by atoms with Crippen molar-refractivity contribution in [3.63, 3.8) is 0 Å². The molecule has 3 heteroatoms. The summed E-state index contributed by atoms with van der Waals surface area (Å²) in [5, 5.41) is 4.32. The molecule has 90 valence electrons. The predicted octanol–water partition coefficient (Wildman–Crippen LogP) is 3.24. The van der Waals surface area contributed by atoms with E-state index in [9.17, 15) is 0 Å². The molecule has 0 radical (unpaired) electrons. The minimum Gasteiger partial charge on any atom is -0.384 e. The van der Waals surface area contributed by atoms with E-state index in [1.54, 1.807) is 6.20 Å². The number of hydrogen-bond acceptors (Lipinski definition) is 2. The number of anilines is 1. The highest BCUT2D eigenvalue weighted by molar-refractivity contribution is 5.26. The smallest absolute Gasteiger partial charge is 0.121 e. The molecule has 0 saturated heterocycles. The van der Waals surface area contributed by atoms with Crippen molar-refractivity contribution in [3.8, 4) is 0 Å². The maximum Gasteiger partial charge on any atom is 0.121 e. The summed E-state index contributed by atoms with van der Waals surface area (Å²) >= 11 is 0. The molecule has 1 aliphatic rings. The Kier molecular flexibility index (Phi) is 2.96. The van der Waals surface area contributed by atoms with Crippen LogP contribution < -0.4 is 5.73 Å². The van der Waals surface area contributed by atoms with Gasteiger partial charge in [0.1, 0.15) is 5.82 Å². The van der Waals surface area contributed by atoms with Crippen molar-refractivity contribution in [3.05, 3.63) is 12.3 Å². The Bertz CT molecular complexity index is 340. The zero-order valence-electron chi connectivity index (χ0n) is 10.6. The molecule has 2 rings (SSSR count). The third-order valence-corrected chi connectivity index (χ3v) is 3.97. The second kappa shape index (κ2) is 4.11. The van der Waals surface area contributed by atoms with Gasteiger partial charge in [0.25, 0.3) is 0 Å². The molecule has 1 heterocycles. The molecule has 0 aliphatic heterocycles. The fraction of sp³-hybridized carbons (Fsp3) is 0.769. The summed E-state index contributed by atoms with van der Waals surface area (Å²) in [4.78, 5) is 0. The summed E-state index contributed by atoms with van der Waals surface area (Å²) in [5.74, 6) is 1.65. The van der Waals surface area contributed by atoms with Crippen LogP contribution >= 0.6 is 0 Å². The van der Waals surface area contributed by atoms with Gasteiger partial charge < -0.3 is 5.73 Å². The summed E-state index contributed by atoms with van der Waals surface area (Å²) in [7, 11) is 0. The fourth-order valence-corrected chi connectivity index (χ4v) is 2.82. The highest BCUT2D eigenvalue weighted by Crippen LogP contribution is 2.41. The standard InChI is InChI=1S/C13H23N3/c1-13(2,3)10-4-6-11(7-5-10)16-12(14)8-9-15-16/h8-11H,4-7,14H2,1-3H3/t10-,11-. The van der Waals surface area contributed by atoms with Crippen molar-refractivity contribution in [1.82, 2.24) is 9.78 Å². The van der Waals surface area contributed by atoms with Gasteiger partial charge in [-0.15, -0.1) is 0 Å². The third kappa shape index (κ3) is 2.23. The van der Waals surface area contributed by atoms with Crippen molar-refractivity contribution in [2.24, 2.45) is 11.3 Å². The number of rotatable bonds is 1. The first-order valence-corrected chi connectivity index (χ1v) is 6.27. The van der Waals surface area contributed by atoms with Gasteiger partial charge in [-0.25, -0.2) is 4.68 Å². The molecule has 1 aromatic heterocycles. The van der Waals surface area contributed by atoms with Crippen LogP contribution in [0, 0.1) is 11.3 Å². The molecule has 0 atom stereocenters. The SMILES string of the molecule is CC(C)(C)[C@H]1CC[C@H](n2nccc2N)CC1. The first-order valence-electron chi connectivity index (χ1n) is 6.27. The quantitative estimate of drug-likeness (QED) is 0.791. The lowest BCUT2D eigenvalue weighted by molar-refractivity contribution is 0.148. The summed E-state index contributed by atoms with van der Waals surface area (Å²) in [5.41, 5.74) is 6.34. The Morgan fingerprint density at radius 1 is 1.25 bits per heavy atom. The molecule has 3 nitrogen and oxygen atoms in total. The fourth-order valence-electron chi connectivity index (χ4n) is 2.82. The minimum absolute atomic E-state index is 0.445. The van der Waals surface area contributed by atoms with Crippen LogP contribution in [-0.2, 0) is 0 Å². The second-order valence-electron chi connectivity index (χ2n) is 6.07. The molecule has 0 amide bonds. The molecular formula is C13H23N3. The van der Waals surface area contributed by atoms with Crippen LogP contribution in [-0.4, -0.2) is 9.78 Å². The van der Waals surface area contributed by atoms with E-state index in [2.05, 4.69) is 25.9 Å². The van der Waals surface area contributed by atoms with Crippen LogP contribution in [0.2, 0.25) is 0 Å². The normalized spacial score (nSPS) is 26.9.